The zero-order valence-corrected chi connectivity index (χ0v) is 15.7. The van der Waals surface area contributed by atoms with Gasteiger partial charge in [0.05, 0.1) is 17.9 Å². The largest absolute Gasteiger partial charge is 0.339 e. The molecule has 1 aliphatic rings. The van der Waals surface area contributed by atoms with Crippen LogP contribution in [0.5, 0.6) is 0 Å². The van der Waals surface area contributed by atoms with Crippen LogP contribution < -0.4 is 16.0 Å². The van der Waals surface area contributed by atoms with Crippen molar-refractivity contribution in [3.8, 4) is 0 Å². The molecule has 0 spiro atoms. The van der Waals surface area contributed by atoms with Crippen LogP contribution in [0, 0.1) is 0 Å². The fourth-order valence-corrected chi connectivity index (χ4v) is 3.50. The maximum atomic E-state index is 6.30. The van der Waals surface area contributed by atoms with E-state index in [0.29, 0.717) is 16.8 Å². The third-order valence-electron chi connectivity index (χ3n) is 4.80. The molecule has 0 atom stereocenters. The van der Waals surface area contributed by atoms with Gasteiger partial charge in [0.25, 0.3) is 0 Å². The fourth-order valence-electron chi connectivity index (χ4n) is 3.36. The van der Waals surface area contributed by atoms with Gasteiger partial charge < -0.3 is 16.0 Å². The molecule has 0 saturated heterocycles. The number of fused-ring (bicyclic) bond motifs is 2. The minimum absolute atomic E-state index is 0.451. The van der Waals surface area contributed by atoms with Gasteiger partial charge in [0.1, 0.15) is 5.02 Å². The van der Waals surface area contributed by atoms with Crippen molar-refractivity contribution >= 4 is 45.6 Å². The van der Waals surface area contributed by atoms with Crippen LogP contribution >= 0.6 is 11.6 Å². The topological polar surface area (TPSA) is 90.5 Å². The van der Waals surface area contributed by atoms with E-state index < -0.39 is 0 Å². The van der Waals surface area contributed by atoms with Crippen molar-refractivity contribution in [2.75, 3.05) is 17.2 Å². The Labute approximate surface area is 166 Å². The van der Waals surface area contributed by atoms with Gasteiger partial charge in [0, 0.05) is 23.3 Å². The van der Waals surface area contributed by atoms with Crippen molar-refractivity contribution in [3.05, 3.63) is 64.9 Å². The Morgan fingerprint density at radius 3 is 2.82 bits per heavy atom. The van der Waals surface area contributed by atoms with Gasteiger partial charge in [-0.05, 0) is 54.4 Å². The molecule has 0 bridgehead atoms. The Morgan fingerprint density at radius 1 is 0.964 bits per heavy atom. The first kappa shape index (κ1) is 17.0. The predicted octanol–water partition coefficient (Wildman–Crippen LogP) is 4.14. The van der Waals surface area contributed by atoms with Crippen LogP contribution in [0.15, 0.2) is 48.8 Å². The number of halogens is 1. The number of aromatic amines is 1. The van der Waals surface area contributed by atoms with Crippen molar-refractivity contribution in [1.29, 1.82) is 0 Å². The number of aromatic nitrogens is 4. The van der Waals surface area contributed by atoms with Gasteiger partial charge in [-0.1, -0.05) is 17.7 Å². The molecule has 2 aromatic heterocycles. The lowest BCUT2D eigenvalue weighted by Gasteiger charge is -2.18. The first-order valence-electron chi connectivity index (χ1n) is 9.07. The quantitative estimate of drug-likeness (QED) is 0.418. The van der Waals surface area contributed by atoms with Crippen LogP contribution in [0.25, 0.3) is 10.9 Å². The van der Waals surface area contributed by atoms with E-state index in [-0.39, 0.29) is 0 Å². The maximum Gasteiger partial charge on any atom is 0.229 e. The van der Waals surface area contributed by atoms with E-state index in [1.54, 1.807) is 12.4 Å². The lowest BCUT2D eigenvalue weighted by atomic mass is 10.0. The molecule has 140 valence electrons. The molecule has 0 saturated carbocycles. The Balaban J connectivity index is 1.39. The first-order valence-corrected chi connectivity index (χ1v) is 9.45. The summed E-state index contributed by atoms with van der Waals surface area (Å²) >= 11 is 6.30. The van der Waals surface area contributed by atoms with E-state index in [1.165, 1.54) is 11.1 Å². The number of anilines is 4. The predicted molar refractivity (Wildman–Crippen MR) is 112 cm³/mol. The third-order valence-corrected chi connectivity index (χ3v) is 5.07. The monoisotopic (exact) mass is 391 g/mol. The lowest BCUT2D eigenvalue weighted by molar-refractivity contribution is 0.644. The van der Waals surface area contributed by atoms with E-state index in [4.69, 9.17) is 11.6 Å². The normalized spacial score (nSPS) is 13.3. The summed E-state index contributed by atoms with van der Waals surface area (Å²) in [5, 5.41) is 18.4. The number of nitrogens with one attached hydrogen (secondary N) is 4. The molecular weight excluding hydrogens is 374 g/mol. The summed E-state index contributed by atoms with van der Waals surface area (Å²) in [6, 6.07) is 12.2. The highest BCUT2D eigenvalue weighted by atomic mass is 35.5. The number of rotatable bonds is 4. The van der Waals surface area contributed by atoms with Crippen LogP contribution in [0.3, 0.4) is 0 Å². The van der Waals surface area contributed by atoms with E-state index in [9.17, 15) is 0 Å². The fraction of sp³-hybridized carbons (Fsp3) is 0.150. The Kier molecular flexibility index (Phi) is 4.31. The second-order valence-corrected chi connectivity index (χ2v) is 7.13. The number of benzene rings is 2. The van der Waals surface area contributed by atoms with E-state index in [2.05, 4.69) is 54.3 Å². The molecule has 0 aliphatic carbocycles. The van der Waals surface area contributed by atoms with Crippen molar-refractivity contribution in [2.45, 2.75) is 13.0 Å². The number of H-pyrrole nitrogens is 1. The summed E-state index contributed by atoms with van der Waals surface area (Å²) in [6.07, 6.45) is 4.43. The SMILES string of the molecule is Clc1cnc(Nc2ccc3c(c2)CNCC3)nc1Nc1ccc2[nH]ncc2c1. The van der Waals surface area contributed by atoms with E-state index in [1.807, 2.05) is 18.2 Å². The molecule has 0 fully saturated rings. The van der Waals surface area contributed by atoms with Crippen LogP contribution in [-0.2, 0) is 13.0 Å². The Hall–Kier alpha value is -3.16. The summed E-state index contributed by atoms with van der Waals surface area (Å²) < 4.78 is 0. The van der Waals surface area contributed by atoms with Gasteiger partial charge in [0.2, 0.25) is 5.95 Å². The van der Waals surface area contributed by atoms with Crippen molar-refractivity contribution in [3.63, 3.8) is 0 Å². The molecule has 5 rings (SSSR count). The molecule has 28 heavy (non-hydrogen) atoms. The lowest BCUT2D eigenvalue weighted by Crippen LogP contribution is -2.23. The van der Waals surface area contributed by atoms with E-state index >= 15 is 0 Å². The summed E-state index contributed by atoms with van der Waals surface area (Å²) in [7, 11) is 0. The Morgan fingerprint density at radius 2 is 1.86 bits per heavy atom. The average Bonchev–Trinajstić information content (AvgIpc) is 3.18. The summed E-state index contributed by atoms with van der Waals surface area (Å²) in [5.74, 6) is 1.03. The molecule has 7 nitrogen and oxygen atoms in total. The first-order chi connectivity index (χ1) is 13.7. The van der Waals surface area contributed by atoms with Gasteiger partial charge in [0.15, 0.2) is 5.82 Å². The number of hydrogen-bond acceptors (Lipinski definition) is 6. The van der Waals surface area contributed by atoms with Crippen molar-refractivity contribution < 1.29 is 0 Å². The van der Waals surface area contributed by atoms with Gasteiger partial charge in [-0.25, -0.2) is 4.98 Å². The van der Waals surface area contributed by atoms with Gasteiger partial charge in [-0.3, -0.25) is 5.10 Å². The standard InChI is InChI=1S/C20H18ClN7/c21-17-11-23-20(26-16-2-1-12-5-6-22-9-13(12)7-16)27-19(17)25-15-3-4-18-14(8-15)10-24-28-18/h1-4,7-8,10-11,22H,5-6,9H2,(H,24,28)(H2,23,25,26,27). The third kappa shape index (κ3) is 3.37. The second-order valence-electron chi connectivity index (χ2n) is 6.72. The molecule has 2 aromatic carbocycles. The Bertz CT molecular complexity index is 1150. The average molecular weight is 392 g/mol. The molecular formula is C20H18ClN7. The molecule has 0 unspecified atom stereocenters. The number of nitrogens with zero attached hydrogens (tertiary/aromatic N) is 3. The van der Waals surface area contributed by atoms with Crippen LogP contribution in [0.2, 0.25) is 5.02 Å². The highest BCUT2D eigenvalue weighted by Gasteiger charge is 2.11. The minimum Gasteiger partial charge on any atom is -0.339 e. The summed E-state index contributed by atoms with van der Waals surface area (Å²) in [5.41, 5.74) is 5.50. The molecule has 1 aliphatic heterocycles. The van der Waals surface area contributed by atoms with Crippen LogP contribution in [0.4, 0.5) is 23.1 Å². The zero-order chi connectivity index (χ0) is 18.9. The van der Waals surface area contributed by atoms with Gasteiger partial charge in [-0.15, -0.1) is 0 Å². The van der Waals surface area contributed by atoms with Gasteiger partial charge >= 0.3 is 0 Å². The van der Waals surface area contributed by atoms with Crippen LogP contribution in [-0.4, -0.2) is 26.7 Å². The highest BCUT2D eigenvalue weighted by Crippen LogP contribution is 2.27. The molecule has 0 radical (unpaired) electrons. The minimum atomic E-state index is 0.451. The van der Waals surface area contributed by atoms with E-state index in [0.717, 1.165) is 41.8 Å². The maximum absolute atomic E-state index is 6.30. The van der Waals surface area contributed by atoms with Crippen molar-refractivity contribution in [1.82, 2.24) is 25.5 Å². The smallest absolute Gasteiger partial charge is 0.229 e. The van der Waals surface area contributed by atoms with Gasteiger partial charge in [-0.2, -0.15) is 10.1 Å². The zero-order valence-electron chi connectivity index (χ0n) is 15.0. The summed E-state index contributed by atoms with van der Waals surface area (Å²) in [6.45, 7) is 1.91. The molecule has 4 aromatic rings. The molecule has 4 N–H and O–H groups in total. The summed E-state index contributed by atoms with van der Waals surface area (Å²) in [4.78, 5) is 8.84. The highest BCUT2D eigenvalue weighted by molar-refractivity contribution is 6.32. The molecule has 0 amide bonds. The number of hydrogen-bond donors (Lipinski definition) is 4. The molecule has 3 heterocycles. The second kappa shape index (κ2) is 7.10. The van der Waals surface area contributed by atoms with Crippen molar-refractivity contribution in [2.24, 2.45) is 0 Å². The molecule has 8 heteroatoms. The van der Waals surface area contributed by atoms with Crippen LogP contribution in [0.1, 0.15) is 11.1 Å².